The van der Waals surface area contributed by atoms with E-state index < -0.39 is 0 Å². The van der Waals surface area contributed by atoms with Gasteiger partial charge < -0.3 is 16.0 Å². The third kappa shape index (κ3) is 3.47. The molecule has 0 bridgehead atoms. The van der Waals surface area contributed by atoms with Gasteiger partial charge in [0, 0.05) is 17.3 Å². The van der Waals surface area contributed by atoms with Gasteiger partial charge in [-0.2, -0.15) is 0 Å². The van der Waals surface area contributed by atoms with Gasteiger partial charge in [-0.3, -0.25) is 4.79 Å². The van der Waals surface area contributed by atoms with Crippen LogP contribution in [0.5, 0.6) is 0 Å². The average molecular weight is 261 g/mol. The Labute approximate surface area is 115 Å². The smallest absolute Gasteiger partial charge is 0.249 e. The summed E-state index contributed by atoms with van der Waals surface area (Å²) < 4.78 is 0. The fourth-order valence-corrected chi connectivity index (χ4v) is 2.66. The summed E-state index contributed by atoms with van der Waals surface area (Å²) in [7, 11) is 2.17. The molecule has 1 aromatic carbocycles. The summed E-state index contributed by atoms with van der Waals surface area (Å²) in [6.45, 7) is 4.23. The first-order valence-electron chi connectivity index (χ1n) is 6.92. The lowest BCUT2D eigenvalue weighted by molar-refractivity contribution is 0.1000. The van der Waals surface area contributed by atoms with Gasteiger partial charge in [-0.05, 0) is 64.0 Å². The normalized spacial score (nSPS) is 20.8. The second kappa shape index (κ2) is 6.06. The fourth-order valence-electron chi connectivity index (χ4n) is 2.66. The Morgan fingerprint density at radius 1 is 1.37 bits per heavy atom. The van der Waals surface area contributed by atoms with Crippen LogP contribution in [0.3, 0.4) is 0 Å². The van der Waals surface area contributed by atoms with Gasteiger partial charge in [-0.25, -0.2) is 0 Å². The molecule has 0 radical (unpaired) electrons. The highest BCUT2D eigenvalue weighted by Crippen LogP contribution is 2.22. The van der Waals surface area contributed by atoms with Crippen molar-refractivity contribution in [1.29, 1.82) is 0 Å². The van der Waals surface area contributed by atoms with Crippen LogP contribution < -0.4 is 11.1 Å². The number of benzene rings is 1. The number of carbonyl (C=O) groups excluding carboxylic acids is 1. The van der Waals surface area contributed by atoms with Gasteiger partial charge in [-0.15, -0.1) is 0 Å². The van der Waals surface area contributed by atoms with E-state index >= 15 is 0 Å². The standard InChI is InChI=1S/C15H23N3O/c1-11-13(15(16)19)6-3-7-14(11)17-12-5-4-9-18(2)10-8-12/h3,6-7,12,17H,4-5,8-10H2,1-2H3,(H2,16,19). The van der Waals surface area contributed by atoms with Gasteiger partial charge in [0.05, 0.1) is 0 Å². The quantitative estimate of drug-likeness (QED) is 0.875. The van der Waals surface area contributed by atoms with Crippen molar-refractivity contribution in [2.24, 2.45) is 5.73 Å². The zero-order valence-electron chi connectivity index (χ0n) is 11.8. The number of likely N-dealkylation sites (tertiary alicyclic amines) is 1. The maximum atomic E-state index is 11.4. The van der Waals surface area contributed by atoms with E-state index in [9.17, 15) is 4.79 Å². The molecule has 1 fully saturated rings. The minimum atomic E-state index is -0.359. The first-order valence-corrected chi connectivity index (χ1v) is 6.92. The molecular formula is C15H23N3O. The van der Waals surface area contributed by atoms with E-state index in [2.05, 4.69) is 17.3 Å². The van der Waals surface area contributed by atoms with Crippen molar-refractivity contribution < 1.29 is 4.79 Å². The van der Waals surface area contributed by atoms with Crippen LogP contribution in [0.15, 0.2) is 18.2 Å². The third-order valence-corrected chi connectivity index (χ3v) is 3.91. The van der Waals surface area contributed by atoms with Crippen LogP contribution in [0.25, 0.3) is 0 Å². The van der Waals surface area contributed by atoms with E-state index in [4.69, 9.17) is 5.73 Å². The molecule has 1 unspecified atom stereocenters. The van der Waals surface area contributed by atoms with Crippen molar-refractivity contribution in [1.82, 2.24) is 4.90 Å². The Balaban J connectivity index is 2.10. The second-order valence-corrected chi connectivity index (χ2v) is 5.42. The van der Waals surface area contributed by atoms with E-state index in [1.165, 1.54) is 19.4 Å². The second-order valence-electron chi connectivity index (χ2n) is 5.42. The topological polar surface area (TPSA) is 58.4 Å². The number of hydrogen-bond donors (Lipinski definition) is 2. The van der Waals surface area contributed by atoms with Gasteiger partial charge >= 0.3 is 0 Å². The van der Waals surface area contributed by atoms with Crippen molar-refractivity contribution in [3.63, 3.8) is 0 Å². The van der Waals surface area contributed by atoms with Crippen molar-refractivity contribution in [2.75, 3.05) is 25.5 Å². The summed E-state index contributed by atoms with van der Waals surface area (Å²) in [5.41, 5.74) is 7.98. The zero-order valence-corrected chi connectivity index (χ0v) is 11.8. The Hall–Kier alpha value is -1.55. The summed E-state index contributed by atoms with van der Waals surface area (Å²) in [5, 5.41) is 3.57. The summed E-state index contributed by atoms with van der Waals surface area (Å²) in [6, 6.07) is 6.17. The lowest BCUT2D eigenvalue weighted by Gasteiger charge is -2.20. The molecule has 1 aromatic rings. The van der Waals surface area contributed by atoms with E-state index in [1.54, 1.807) is 6.07 Å². The van der Waals surface area contributed by atoms with Crippen LogP contribution in [0, 0.1) is 6.92 Å². The Bertz CT molecular complexity index is 459. The van der Waals surface area contributed by atoms with Crippen molar-refractivity contribution >= 4 is 11.6 Å². The van der Waals surface area contributed by atoms with Crippen molar-refractivity contribution in [2.45, 2.75) is 32.2 Å². The maximum absolute atomic E-state index is 11.4. The fraction of sp³-hybridized carbons (Fsp3) is 0.533. The van der Waals surface area contributed by atoms with Crippen LogP contribution >= 0.6 is 0 Å². The number of hydrogen-bond acceptors (Lipinski definition) is 3. The highest BCUT2D eigenvalue weighted by molar-refractivity contribution is 5.95. The number of nitrogens with zero attached hydrogens (tertiary/aromatic N) is 1. The number of nitrogens with one attached hydrogen (secondary N) is 1. The molecule has 1 amide bonds. The number of nitrogens with two attached hydrogens (primary N) is 1. The van der Waals surface area contributed by atoms with Crippen LogP contribution in [0.2, 0.25) is 0 Å². The summed E-state index contributed by atoms with van der Waals surface area (Å²) in [4.78, 5) is 13.7. The minimum absolute atomic E-state index is 0.359. The Morgan fingerprint density at radius 3 is 2.89 bits per heavy atom. The molecule has 104 valence electrons. The van der Waals surface area contributed by atoms with E-state index in [0.717, 1.165) is 24.2 Å². The number of amides is 1. The molecule has 1 saturated heterocycles. The summed E-state index contributed by atoms with van der Waals surface area (Å²) in [6.07, 6.45) is 3.52. The molecule has 3 N–H and O–H groups in total. The number of anilines is 1. The van der Waals surface area contributed by atoms with Crippen LogP contribution in [0.1, 0.15) is 35.2 Å². The Morgan fingerprint density at radius 2 is 2.16 bits per heavy atom. The molecule has 0 aliphatic carbocycles. The van der Waals surface area contributed by atoms with E-state index in [-0.39, 0.29) is 5.91 Å². The average Bonchev–Trinajstić information content (AvgIpc) is 2.57. The highest BCUT2D eigenvalue weighted by atomic mass is 16.1. The lowest BCUT2D eigenvalue weighted by Crippen LogP contribution is -2.23. The molecule has 4 nitrogen and oxygen atoms in total. The molecule has 2 rings (SSSR count). The van der Waals surface area contributed by atoms with E-state index in [1.807, 2.05) is 19.1 Å². The van der Waals surface area contributed by atoms with Crippen molar-refractivity contribution in [3.8, 4) is 0 Å². The van der Waals surface area contributed by atoms with E-state index in [0.29, 0.717) is 11.6 Å². The number of rotatable bonds is 3. The largest absolute Gasteiger partial charge is 0.382 e. The summed E-state index contributed by atoms with van der Waals surface area (Å²) >= 11 is 0. The summed E-state index contributed by atoms with van der Waals surface area (Å²) in [5.74, 6) is -0.359. The van der Waals surface area contributed by atoms with Crippen LogP contribution in [0.4, 0.5) is 5.69 Å². The minimum Gasteiger partial charge on any atom is -0.382 e. The molecule has 0 aromatic heterocycles. The monoisotopic (exact) mass is 261 g/mol. The maximum Gasteiger partial charge on any atom is 0.249 e. The van der Waals surface area contributed by atoms with Gasteiger partial charge in [0.25, 0.3) is 0 Å². The van der Waals surface area contributed by atoms with Crippen LogP contribution in [-0.4, -0.2) is 37.0 Å². The highest BCUT2D eigenvalue weighted by Gasteiger charge is 2.16. The predicted molar refractivity (Wildman–Crippen MR) is 78.5 cm³/mol. The van der Waals surface area contributed by atoms with Crippen LogP contribution in [-0.2, 0) is 0 Å². The van der Waals surface area contributed by atoms with Gasteiger partial charge in [-0.1, -0.05) is 6.07 Å². The molecule has 1 atom stereocenters. The first-order chi connectivity index (χ1) is 9.08. The zero-order chi connectivity index (χ0) is 13.8. The van der Waals surface area contributed by atoms with Gasteiger partial charge in [0.1, 0.15) is 0 Å². The SMILES string of the molecule is Cc1c(NC2CCCN(C)CC2)cccc1C(N)=O. The lowest BCUT2D eigenvalue weighted by atomic mass is 10.0. The van der Waals surface area contributed by atoms with Gasteiger partial charge in [0.2, 0.25) is 5.91 Å². The molecule has 1 aliphatic heterocycles. The van der Waals surface area contributed by atoms with Gasteiger partial charge in [0.15, 0.2) is 0 Å². The number of primary amides is 1. The molecule has 0 saturated carbocycles. The number of carbonyl (C=O) groups is 1. The molecule has 19 heavy (non-hydrogen) atoms. The first kappa shape index (κ1) is 13.9. The third-order valence-electron chi connectivity index (χ3n) is 3.91. The molecule has 1 aliphatic rings. The molecular weight excluding hydrogens is 238 g/mol. The molecule has 1 heterocycles. The van der Waals surface area contributed by atoms with Crippen molar-refractivity contribution in [3.05, 3.63) is 29.3 Å². The Kier molecular flexibility index (Phi) is 4.43. The predicted octanol–water partition coefficient (Wildman–Crippen LogP) is 1.99. The molecule has 0 spiro atoms. The molecule has 4 heteroatoms.